The maximum atomic E-state index is 10.1. The van der Waals surface area contributed by atoms with Gasteiger partial charge in [-0.25, -0.2) is 0 Å². The van der Waals surface area contributed by atoms with E-state index >= 15 is 0 Å². The van der Waals surface area contributed by atoms with Gasteiger partial charge in [0, 0.05) is 29.0 Å². The number of aromatic nitrogens is 2. The molecule has 8 rings (SSSR count). The highest BCUT2D eigenvalue weighted by Crippen LogP contribution is 2.48. The Hall–Kier alpha value is -5.37. The van der Waals surface area contributed by atoms with Crippen LogP contribution in [0.5, 0.6) is 0 Å². The molecule has 0 radical (unpaired) electrons. The molecule has 0 N–H and O–H groups in total. The zero-order valence-corrected chi connectivity index (χ0v) is 33.1. The van der Waals surface area contributed by atoms with E-state index in [0.717, 1.165) is 29.3 Å². The highest BCUT2D eigenvalue weighted by Gasteiger charge is 2.44. The van der Waals surface area contributed by atoms with Crippen LogP contribution in [0.3, 0.4) is 0 Å². The fourth-order valence-electron chi connectivity index (χ4n) is 9.38. The molecule has 3 unspecified atom stereocenters. The Labute approximate surface area is 322 Å². The van der Waals surface area contributed by atoms with Crippen LogP contribution in [0.2, 0.25) is 19.6 Å². The molecule has 2 aliphatic rings. The molecule has 1 saturated carbocycles. The number of nitriles is 1. The molecule has 3 atom stereocenters. The third-order valence-corrected chi connectivity index (χ3v) is 14.2. The van der Waals surface area contributed by atoms with Crippen LogP contribution >= 0.6 is 0 Å². The van der Waals surface area contributed by atoms with Gasteiger partial charge in [0.2, 0.25) is 5.69 Å². The van der Waals surface area contributed by atoms with Crippen molar-refractivity contribution in [2.45, 2.75) is 76.5 Å². The van der Waals surface area contributed by atoms with Gasteiger partial charge in [-0.15, -0.1) is 6.58 Å². The Bertz CT molecular complexity index is 2360. The number of nitrogens with zero attached hydrogens (tertiary/aromatic N) is 3. The highest BCUT2D eigenvalue weighted by molar-refractivity contribution is 6.89. The van der Waals surface area contributed by atoms with E-state index in [-0.39, 0.29) is 12.0 Å². The van der Waals surface area contributed by atoms with Crippen LogP contribution in [0.15, 0.2) is 140 Å². The maximum Gasteiger partial charge on any atom is 0.214 e. The molecule has 268 valence electrons. The van der Waals surface area contributed by atoms with Crippen molar-refractivity contribution >= 4 is 13.3 Å². The van der Waals surface area contributed by atoms with Crippen LogP contribution in [0.25, 0.3) is 44.8 Å². The molecular weight excluding hydrogens is 671 g/mol. The molecule has 0 spiro atoms. The minimum Gasteiger partial charge on any atom is -0.256 e. The molecule has 0 amide bonds. The molecule has 6 aromatic rings. The summed E-state index contributed by atoms with van der Waals surface area (Å²) >= 11 is 0. The van der Waals surface area contributed by atoms with Gasteiger partial charge in [-0.05, 0) is 76.7 Å². The van der Waals surface area contributed by atoms with Crippen LogP contribution in [0.1, 0.15) is 79.2 Å². The second-order valence-electron chi connectivity index (χ2n) is 16.4. The summed E-state index contributed by atoms with van der Waals surface area (Å²) in [5.74, 6) is 1.32. The number of allylic oxidation sites excluding steroid dienone is 1. The van der Waals surface area contributed by atoms with Crippen LogP contribution in [-0.2, 0) is 0 Å². The molecule has 0 saturated heterocycles. The summed E-state index contributed by atoms with van der Waals surface area (Å²) in [4.78, 5) is 5.29. The molecule has 54 heavy (non-hydrogen) atoms. The lowest BCUT2D eigenvalue weighted by atomic mass is 9.81. The summed E-state index contributed by atoms with van der Waals surface area (Å²) in [6, 6.07) is 43.8. The van der Waals surface area contributed by atoms with Crippen molar-refractivity contribution in [3.8, 4) is 50.8 Å². The summed E-state index contributed by atoms with van der Waals surface area (Å²) in [5.41, 5.74) is 13.9. The van der Waals surface area contributed by atoms with Gasteiger partial charge in [0.25, 0.3) is 0 Å². The summed E-state index contributed by atoms with van der Waals surface area (Å²) in [6.45, 7) is 14.2. The van der Waals surface area contributed by atoms with Crippen molar-refractivity contribution in [1.82, 2.24) is 4.98 Å². The minimum atomic E-state index is -1.64. The molecule has 3 nitrogen and oxygen atoms in total. The molecule has 1 aliphatic carbocycles. The topological polar surface area (TPSA) is 40.6 Å². The van der Waals surface area contributed by atoms with Crippen LogP contribution in [-0.4, -0.2) is 13.1 Å². The largest absolute Gasteiger partial charge is 0.256 e. The van der Waals surface area contributed by atoms with Crippen molar-refractivity contribution < 1.29 is 4.57 Å². The van der Waals surface area contributed by atoms with E-state index in [9.17, 15) is 5.26 Å². The van der Waals surface area contributed by atoms with E-state index in [1.165, 1.54) is 75.4 Å². The zero-order valence-electron chi connectivity index (χ0n) is 32.1. The second kappa shape index (κ2) is 14.8. The predicted molar refractivity (Wildman–Crippen MR) is 226 cm³/mol. The Balaban J connectivity index is 1.33. The average molecular weight is 721 g/mol. The third kappa shape index (κ3) is 6.56. The zero-order chi connectivity index (χ0) is 37.4. The summed E-state index contributed by atoms with van der Waals surface area (Å²) in [6.07, 6.45) is 12.8. The van der Waals surface area contributed by atoms with Crippen molar-refractivity contribution in [1.29, 1.82) is 5.26 Å². The van der Waals surface area contributed by atoms with Crippen LogP contribution in [0, 0.1) is 17.2 Å². The van der Waals surface area contributed by atoms with Gasteiger partial charge < -0.3 is 0 Å². The van der Waals surface area contributed by atoms with Crippen molar-refractivity contribution in [3.63, 3.8) is 0 Å². The highest BCUT2D eigenvalue weighted by atomic mass is 28.3. The normalized spacial score (nSPS) is 16.3. The fourth-order valence-corrected chi connectivity index (χ4v) is 11.0. The Morgan fingerprint density at radius 3 is 2.13 bits per heavy atom. The smallest absolute Gasteiger partial charge is 0.214 e. The van der Waals surface area contributed by atoms with Gasteiger partial charge in [-0.3, -0.25) is 4.98 Å². The van der Waals surface area contributed by atoms with Gasteiger partial charge in [0.15, 0.2) is 12.2 Å². The van der Waals surface area contributed by atoms with Crippen LogP contribution in [0.4, 0.5) is 0 Å². The number of pyridine rings is 2. The van der Waals surface area contributed by atoms with Crippen molar-refractivity contribution in [2.75, 3.05) is 0 Å². The fraction of sp³-hybridized carbons (Fsp3) is 0.260. The molecule has 4 aromatic carbocycles. The van der Waals surface area contributed by atoms with Gasteiger partial charge in [-0.1, -0.05) is 136 Å². The molecule has 0 bridgehead atoms. The summed E-state index contributed by atoms with van der Waals surface area (Å²) in [7, 11) is -1.64. The number of fused-ring (bicyclic) bond motifs is 3. The van der Waals surface area contributed by atoms with E-state index in [2.05, 4.69) is 171 Å². The van der Waals surface area contributed by atoms with Gasteiger partial charge in [-0.2, -0.15) is 9.83 Å². The Morgan fingerprint density at radius 2 is 1.46 bits per heavy atom. The Morgan fingerprint density at radius 1 is 0.796 bits per heavy atom. The van der Waals surface area contributed by atoms with Crippen molar-refractivity contribution in [2.24, 2.45) is 5.92 Å². The van der Waals surface area contributed by atoms with E-state index < -0.39 is 8.07 Å². The number of benzene rings is 4. The standard InChI is InChI=1S/C50H50N3Si/c1-6-17-41(39-24-15-16-25-40(39)47-29-43(34(2)36-18-13-14-19-36)49(32-52-47)54(3,4)5)50-42-27-26-35(31-51)28-45(42)48-30-44(37-20-9-7-10-21-37)46(33-53(48)50)38-22-11-8-12-23-38/h6-12,15-16,20-30,32-34,36,41,50H,1,13-14,17-19H2,2-5H3/q+1. The van der Waals surface area contributed by atoms with Gasteiger partial charge in [0.05, 0.1) is 42.4 Å². The molecule has 1 aliphatic heterocycles. The molecular formula is C50H50N3Si+. The molecule has 1 fully saturated rings. The Kier molecular flexibility index (Phi) is 9.77. The van der Waals surface area contributed by atoms with Gasteiger partial charge in [0.1, 0.15) is 0 Å². The van der Waals surface area contributed by atoms with E-state index in [1.807, 2.05) is 6.07 Å². The molecule has 4 heteroatoms. The first-order valence-corrected chi connectivity index (χ1v) is 23.2. The second-order valence-corrected chi connectivity index (χ2v) is 21.5. The molecule has 2 aromatic heterocycles. The average Bonchev–Trinajstić information content (AvgIpc) is 3.86. The van der Waals surface area contributed by atoms with E-state index in [0.29, 0.717) is 11.5 Å². The van der Waals surface area contributed by atoms with E-state index in [1.54, 1.807) is 0 Å². The SMILES string of the molecule is C=CCC(c1ccccc1-c1cc(C(C)C2CCCC2)c([Si](C)(C)C)cn1)C1c2ccc(C#N)cc2-c2cc(-c3ccccc3)c(-c3ccccc3)c[n+]21. The summed E-state index contributed by atoms with van der Waals surface area (Å²) in [5, 5.41) is 11.6. The number of hydrogen-bond donors (Lipinski definition) is 0. The number of rotatable bonds is 10. The first kappa shape index (κ1) is 35.6. The monoisotopic (exact) mass is 720 g/mol. The lowest BCUT2D eigenvalue weighted by Gasteiger charge is -2.28. The number of hydrogen-bond acceptors (Lipinski definition) is 2. The predicted octanol–water partition coefficient (Wildman–Crippen LogP) is 12.0. The maximum absolute atomic E-state index is 10.1. The lowest BCUT2D eigenvalue weighted by Crippen LogP contribution is -2.42. The quantitative estimate of drug-likeness (QED) is 0.0803. The van der Waals surface area contributed by atoms with Gasteiger partial charge >= 0.3 is 0 Å². The molecule has 3 heterocycles. The van der Waals surface area contributed by atoms with Crippen LogP contribution < -0.4 is 9.75 Å². The van der Waals surface area contributed by atoms with E-state index in [4.69, 9.17) is 4.98 Å². The first-order valence-electron chi connectivity index (χ1n) is 19.7. The van der Waals surface area contributed by atoms with Crippen molar-refractivity contribution in [3.05, 3.63) is 163 Å². The third-order valence-electron chi connectivity index (χ3n) is 12.1. The first-order chi connectivity index (χ1) is 26.3. The summed E-state index contributed by atoms with van der Waals surface area (Å²) < 4.78 is 2.49. The lowest BCUT2D eigenvalue weighted by molar-refractivity contribution is -0.700. The minimum absolute atomic E-state index is 0.0210.